The molecule has 20 heavy (non-hydrogen) atoms. The number of esters is 1. The van der Waals surface area contributed by atoms with Gasteiger partial charge in [-0.25, -0.2) is 4.79 Å². The standard InChI is InChI=1S/C15H20N2O3/c1-17(10-9-14(18)16-11-7-8-11)13-6-4-3-5-12(13)15(19)20-2/h3-6,11H,7-10H2,1-2H3,(H,16,18). The van der Waals surface area contributed by atoms with Crippen molar-refractivity contribution in [2.45, 2.75) is 25.3 Å². The molecule has 0 bridgehead atoms. The molecule has 0 aromatic heterocycles. The van der Waals surface area contributed by atoms with E-state index in [-0.39, 0.29) is 11.9 Å². The first-order valence-electron chi connectivity index (χ1n) is 6.79. The third kappa shape index (κ3) is 3.73. The molecule has 0 atom stereocenters. The minimum absolute atomic E-state index is 0.0647. The molecule has 1 N–H and O–H groups in total. The molecule has 1 aromatic rings. The molecule has 0 unspecified atom stereocenters. The van der Waals surface area contributed by atoms with Crippen molar-refractivity contribution >= 4 is 17.6 Å². The number of carbonyl (C=O) groups is 2. The molecule has 0 saturated heterocycles. The van der Waals surface area contributed by atoms with Crippen molar-refractivity contribution < 1.29 is 14.3 Å². The summed E-state index contributed by atoms with van der Waals surface area (Å²) in [7, 11) is 3.23. The quantitative estimate of drug-likeness (QED) is 0.801. The minimum Gasteiger partial charge on any atom is -0.465 e. The normalized spacial score (nSPS) is 13.7. The summed E-state index contributed by atoms with van der Waals surface area (Å²) in [5, 5.41) is 2.95. The zero-order chi connectivity index (χ0) is 14.5. The number of nitrogens with zero attached hydrogens (tertiary/aromatic N) is 1. The van der Waals surface area contributed by atoms with Crippen molar-refractivity contribution in [1.82, 2.24) is 5.32 Å². The number of anilines is 1. The Morgan fingerprint density at radius 3 is 2.70 bits per heavy atom. The van der Waals surface area contributed by atoms with Crippen molar-refractivity contribution in [3.63, 3.8) is 0 Å². The van der Waals surface area contributed by atoms with Crippen LogP contribution in [0.1, 0.15) is 29.6 Å². The molecular weight excluding hydrogens is 256 g/mol. The van der Waals surface area contributed by atoms with Crippen molar-refractivity contribution in [2.75, 3.05) is 25.6 Å². The number of benzene rings is 1. The van der Waals surface area contributed by atoms with E-state index in [4.69, 9.17) is 4.74 Å². The van der Waals surface area contributed by atoms with Crippen LogP contribution >= 0.6 is 0 Å². The second-order valence-corrected chi connectivity index (χ2v) is 5.02. The highest BCUT2D eigenvalue weighted by Gasteiger charge is 2.23. The van der Waals surface area contributed by atoms with Crippen LogP contribution < -0.4 is 10.2 Å². The lowest BCUT2D eigenvalue weighted by atomic mass is 10.1. The van der Waals surface area contributed by atoms with E-state index in [0.29, 0.717) is 24.6 Å². The van der Waals surface area contributed by atoms with E-state index in [1.807, 2.05) is 24.1 Å². The number of methoxy groups -OCH3 is 1. The average Bonchev–Trinajstić information content (AvgIpc) is 3.27. The Kier molecular flexibility index (Phi) is 4.61. The van der Waals surface area contributed by atoms with Gasteiger partial charge in [-0.3, -0.25) is 4.79 Å². The molecule has 1 fully saturated rings. The van der Waals surface area contributed by atoms with Crippen LogP contribution in [0.2, 0.25) is 0 Å². The van der Waals surface area contributed by atoms with E-state index in [9.17, 15) is 9.59 Å². The molecule has 5 heteroatoms. The third-order valence-corrected chi connectivity index (χ3v) is 3.34. The first kappa shape index (κ1) is 14.4. The Bertz CT molecular complexity index is 498. The van der Waals surface area contributed by atoms with Crippen molar-refractivity contribution in [3.05, 3.63) is 29.8 Å². The number of ether oxygens (including phenoxy) is 1. The molecule has 1 aromatic carbocycles. The van der Waals surface area contributed by atoms with Gasteiger partial charge in [0, 0.05) is 26.1 Å². The van der Waals surface area contributed by atoms with Crippen LogP contribution in [0.15, 0.2) is 24.3 Å². The van der Waals surface area contributed by atoms with E-state index in [0.717, 1.165) is 18.5 Å². The average molecular weight is 276 g/mol. The summed E-state index contributed by atoms with van der Waals surface area (Å²) >= 11 is 0. The van der Waals surface area contributed by atoms with Gasteiger partial charge in [-0.1, -0.05) is 12.1 Å². The Morgan fingerprint density at radius 1 is 1.35 bits per heavy atom. The molecular formula is C15H20N2O3. The third-order valence-electron chi connectivity index (χ3n) is 3.34. The molecule has 0 aliphatic heterocycles. The molecule has 1 aliphatic carbocycles. The first-order chi connectivity index (χ1) is 9.61. The smallest absolute Gasteiger partial charge is 0.339 e. The number of hydrogen-bond acceptors (Lipinski definition) is 4. The molecule has 0 radical (unpaired) electrons. The number of amides is 1. The maximum atomic E-state index is 11.7. The van der Waals surface area contributed by atoms with Crippen LogP contribution in [-0.2, 0) is 9.53 Å². The fraction of sp³-hybridized carbons (Fsp3) is 0.467. The topological polar surface area (TPSA) is 58.6 Å². The molecule has 1 aliphatic rings. The summed E-state index contributed by atoms with van der Waals surface area (Å²) in [5.74, 6) is -0.301. The van der Waals surface area contributed by atoms with Gasteiger partial charge >= 0.3 is 5.97 Å². The van der Waals surface area contributed by atoms with E-state index < -0.39 is 0 Å². The van der Waals surface area contributed by atoms with Crippen molar-refractivity contribution in [1.29, 1.82) is 0 Å². The lowest BCUT2D eigenvalue weighted by Crippen LogP contribution is -2.30. The molecule has 0 heterocycles. The van der Waals surface area contributed by atoms with E-state index in [1.165, 1.54) is 7.11 Å². The van der Waals surface area contributed by atoms with Crippen LogP contribution in [0, 0.1) is 0 Å². The highest BCUT2D eigenvalue weighted by Crippen LogP contribution is 2.21. The second kappa shape index (κ2) is 6.41. The zero-order valence-electron chi connectivity index (χ0n) is 11.9. The summed E-state index contributed by atoms with van der Waals surface area (Å²) in [5.41, 5.74) is 1.29. The number of carbonyl (C=O) groups excluding carboxylic acids is 2. The van der Waals surface area contributed by atoms with E-state index >= 15 is 0 Å². The van der Waals surface area contributed by atoms with Crippen LogP contribution in [0.25, 0.3) is 0 Å². The first-order valence-corrected chi connectivity index (χ1v) is 6.79. The van der Waals surface area contributed by atoms with Gasteiger partial charge in [-0.2, -0.15) is 0 Å². The van der Waals surface area contributed by atoms with Crippen molar-refractivity contribution in [2.24, 2.45) is 0 Å². The number of rotatable bonds is 6. The van der Waals surface area contributed by atoms with Gasteiger partial charge < -0.3 is 15.0 Å². The fourth-order valence-electron chi connectivity index (χ4n) is 2.01. The summed E-state index contributed by atoms with van der Waals surface area (Å²) in [4.78, 5) is 25.3. The maximum absolute atomic E-state index is 11.7. The maximum Gasteiger partial charge on any atom is 0.339 e. The van der Waals surface area contributed by atoms with Gasteiger partial charge in [0.1, 0.15) is 0 Å². The van der Waals surface area contributed by atoms with E-state index in [1.54, 1.807) is 12.1 Å². The number of hydrogen-bond donors (Lipinski definition) is 1. The molecule has 2 rings (SSSR count). The largest absolute Gasteiger partial charge is 0.465 e. The summed E-state index contributed by atoms with van der Waals surface area (Å²) in [6.07, 6.45) is 2.60. The van der Waals surface area contributed by atoms with Gasteiger partial charge in [0.2, 0.25) is 5.91 Å². The lowest BCUT2D eigenvalue weighted by Gasteiger charge is -2.21. The predicted molar refractivity (Wildman–Crippen MR) is 76.8 cm³/mol. The van der Waals surface area contributed by atoms with Gasteiger partial charge in [0.25, 0.3) is 0 Å². The second-order valence-electron chi connectivity index (χ2n) is 5.02. The van der Waals surface area contributed by atoms with Crippen molar-refractivity contribution in [3.8, 4) is 0 Å². The molecule has 108 valence electrons. The van der Waals surface area contributed by atoms with Crippen LogP contribution in [-0.4, -0.2) is 38.6 Å². The minimum atomic E-state index is -0.366. The van der Waals surface area contributed by atoms with Gasteiger partial charge in [-0.15, -0.1) is 0 Å². The SMILES string of the molecule is COC(=O)c1ccccc1N(C)CCC(=O)NC1CC1. The molecule has 1 saturated carbocycles. The number of para-hydroxylation sites is 1. The summed E-state index contributed by atoms with van der Waals surface area (Å²) < 4.78 is 4.77. The van der Waals surface area contributed by atoms with Gasteiger partial charge in [0.05, 0.1) is 18.4 Å². The van der Waals surface area contributed by atoms with Gasteiger partial charge in [-0.05, 0) is 25.0 Å². The van der Waals surface area contributed by atoms with E-state index in [2.05, 4.69) is 5.32 Å². The Labute approximate surface area is 118 Å². The Hall–Kier alpha value is -2.04. The highest BCUT2D eigenvalue weighted by molar-refractivity contribution is 5.95. The van der Waals surface area contributed by atoms with Crippen LogP contribution in [0.5, 0.6) is 0 Å². The van der Waals surface area contributed by atoms with Gasteiger partial charge in [0.15, 0.2) is 0 Å². The molecule has 0 spiro atoms. The predicted octanol–water partition coefficient (Wildman–Crippen LogP) is 1.58. The van der Waals surface area contributed by atoms with Crippen LogP contribution in [0.3, 0.4) is 0 Å². The summed E-state index contributed by atoms with van der Waals surface area (Å²) in [6.45, 7) is 0.562. The highest BCUT2D eigenvalue weighted by atomic mass is 16.5. The lowest BCUT2D eigenvalue weighted by molar-refractivity contribution is -0.121. The number of nitrogens with one attached hydrogen (secondary N) is 1. The monoisotopic (exact) mass is 276 g/mol. The fourth-order valence-corrected chi connectivity index (χ4v) is 2.01. The summed E-state index contributed by atoms with van der Waals surface area (Å²) in [6, 6.07) is 7.62. The Morgan fingerprint density at radius 2 is 2.05 bits per heavy atom. The molecule has 1 amide bonds. The van der Waals surface area contributed by atoms with Crippen LogP contribution in [0.4, 0.5) is 5.69 Å². The molecule has 5 nitrogen and oxygen atoms in total. The Balaban J connectivity index is 1.95. The zero-order valence-corrected chi connectivity index (χ0v) is 11.9.